The summed E-state index contributed by atoms with van der Waals surface area (Å²) in [4.78, 5) is 4.19. The number of unbranched alkanes of at least 4 members (excludes halogenated alkanes) is 1. The van der Waals surface area contributed by atoms with Crippen molar-refractivity contribution in [2.24, 2.45) is 4.99 Å². The summed E-state index contributed by atoms with van der Waals surface area (Å²) in [5, 5.41) is 6.56. The van der Waals surface area contributed by atoms with E-state index in [1.54, 1.807) is 7.05 Å². The van der Waals surface area contributed by atoms with Crippen LogP contribution in [-0.2, 0) is 9.47 Å². The molecule has 0 saturated carbocycles. The molecular formula is C14H29N3O2S. The molecular weight excluding hydrogens is 274 g/mol. The van der Waals surface area contributed by atoms with E-state index in [0.29, 0.717) is 19.3 Å². The number of rotatable bonds is 10. The molecule has 1 fully saturated rings. The normalized spacial score (nSPS) is 19.3. The van der Waals surface area contributed by atoms with Crippen LogP contribution in [0.15, 0.2) is 4.99 Å². The van der Waals surface area contributed by atoms with Crippen molar-refractivity contribution in [1.29, 1.82) is 0 Å². The summed E-state index contributed by atoms with van der Waals surface area (Å²) >= 11 is 1.90. The van der Waals surface area contributed by atoms with E-state index in [1.165, 1.54) is 25.0 Å². The van der Waals surface area contributed by atoms with Gasteiger partial charge in [-0.3, -0.25) is 4.99 Å². The predicted molar refractivity (Wildman–Crippen MR) is 86.8 cm³/mol. The SMILES string of the molecule is CN=C(NCCCCSC)NCCOCC1CCCO1. The van der Waals surface area contributed by atoms with E-state index < -0.39 is 0 Å². The van der Waals surface area contributed by atoms with E-state index in [2.05, 4.69) is 21.9 Å². The van der Waals surface area contributed by atoms with E-state index in [-0.39, 0.29) is 0 Å². The van der Waals surface area contributed by atoms with E-state index in [1.807, 2.05) is 11.8 Å². The molecule has 0 spiro atoms. The lowest BCUT2D eigenvalue weighted by Crippen LogP contribution is -2.39. The van der Waals surface area contributed by atoms with Crippen molar-refractivity contribution in [3.8, 4) is 0 Å². The highest BCUT2D eigenvalue weighted by atomic mass is 32.2. The van der Waals surface area contributed by atoms with Crippen LogP contribution >= 0.6 is 11.8 Å². The lowest BCUT2D eigenvalue weighted by molar-refractivity contribution is 0.0191. The minimum atomic E-state index is 0.309. The second kappa shape index (κ2) is 12.3. The molecule has 0 bridgehead atoms. The quantitative estimate of drug-likeness (QED) is 0.364. The molecule has 0 aliphatic carbocycles. The van der Waals surface area contributed by atoms with E-state index >= 15 is 0 Å². The number of nitrogens with one attached hydrogen (secondary N) is 2. The number of nitrogens with zero attached hydrogens (tertiary/aromatic N) is 1. The average Bonchev–Trinajstić information content (AvgIpc) is 2.97. The van der Waals surface area contributed by atoms with Crippen molar-refractivity contribution in [2.45, 2.75) is 31.8 Å². The fourth-order valence-corrected chi connectivity index (χ4v) is 2.52. The summed E-state index contributed by atoms with van der Waals surface area (Å²) < 4.78 is 11.1. The van der Waals surface area contributed by atoms with Gasteiger partial charge in [-0.1, -0.05) is 0 Å². The highest BCUT2D eigenvalue weighted by molar-refractivity contribution is 7.98. The van der Waals surface area contributed by atoms with Crippen LogP contribution in [0, 0.1) is 0 Å². The molecule has 1 rings (SSSR count). The van der Waals surface area contributed by atoms with E-state index in [4.69, 9.17) is 9.47 Å². The molecule has 6 heteroatoms. The molecule has 1 heterocycles. The summed E-state index contributed by atoms with van der Waals surface area (Å²) in [5.74, 6) is 2.08. The maximum atomic E-state index is 5.60. The van der Waals surface area contributed by atoms with Crippen LogP contribution in [-0.4, -0.2) is 64.0 Å². The molecule has 118 valence electrons. The minimum Gasteiger partial charge on any atom is -0.377 e. The van der Waals surface area contributed by atoms with E-state index in [0.717, 1.165) is 32.1 Å². The molecule has 0 aromatic carbocycles. The van der Waals surface area contributed by atoms with Gasteiger partial charge in [0.1, 0.15) is 0 Å². The largest absolute Gasteiger partial charge is 0.377 e. The molecule has 1 aliphatic rings. The zero-order chi connectivity index (χ0) is 14.5. The van der Waals surface area contributed by atoms with Gasteiger partial charge in [0.25, 0.3) is 0 Å². The molecule has 5 nitrogen and oxygen atoms in total. The topological polar surface area (TPSA) is 54.9 Å². The van der Waals surface area contributed by atoms with Crippen molar-refractivity contribution < 1.29 is 9.47 Å². The molecule has 0 aromatic heterocycles. The first kappa shape index (κ1) is 17.6. The Kier molecular flexibility index (Phi) is 10.8. The van der Waals surface area contributed by atoms with Crippen molar-refractivity contribution in [1.82, 2.24) is 10.6 Å². The van der Waals surface area contributed by atoms with Crippen molar-refractivity contribution in [2.75, 3.05) is 52.0 Å². The monoisotopic (exact) mass is 303 g/mol. The van der Waals surface area contributed by atoms with Crippen molar-refractivity contribution >= 4 is 17.7 Å². The Morgan fingerprint density at radius 3 is 2.90 bits per heavy atom. The van der Waals surface area contributed by atoms with Gasteiger partial charge in [0.05, 0.1) is 19.3 Å². The molecule has 2 N–H and O–H groups in total. The number of hydrogen-bond donors (Lipinski definition) is 2. The average molecular weight is 303 g/mol. The Labute approximate surface area is 127 Å². The summed E-state index contributed by atoms with van der Waals surface area (Å²) in [6.07, 6.45) is 7.17. The molecule has 1 saturated heterocycles. The summed E-state index contributed by atoms with van der Waals surface area (Å²) in [6, 6.07) is 0. The van der Waals surface area contributed by atoms with E-state index in [9.17, 15) is 0 Å². The third kappa shape index (κ3) is 8.66. The first-order chi connectivity index (χ1) is 9.86. The lowest BCUT2D eigenvalue weighted by Gasteiger charge is -2.13. The van der Waals surface area contributed by atoms with Crippen molar-refractivity contribution in [3.05, 3.63) is 0 Å². The molecule has 0 radical (unpaired) electrons. The number of hydrogen-bond acceptors (Lipinski definition) is 4. The highest BCUT2D eigenvalue weighted by Gasteiger charge is 2.14. The summed E-state index contributed by atoms with van der Waals surface area (Å²) in [6.45, 7) is 4.03. The molecule has 20 heavy (non-hydrogen) atoms. The van der Waals surface area contributed by atoms with Crippen LogP contribution in [0.3, 0.4) is 0 Å². The van der Waals surface area contributed by atoms with Gasteiger partial charge in [0.15, 0.2) is 5.96 Å². The smallest absolute Gasteiger partial charge is 0.191 e. The Morgan fingerprint density at radius 2 is 2.20 bits per heavy atom. The van der Waals surface area contributed by atoms with Gasteiger partial charge in [-0.05, 0) is 37.7 Å². The number of guanidine groups is 1. The first-order valence-electron chi connectivity index (χ1n) is 7.49. The summed E-state index contributed by atoms with van der Waals surface area (Å²) in [7, 11) is 1.80. The fraction of sp³-hybridized carbons (Fsp3) is 0.929. The van der Waals surface area contributed by atoms with Gasteiger partial charge < -0.3 is 20.1 Å². The molecule has 0 aromatic rings. The Balaban J connectivity index is 1.92. The van der Waals surface area contributed by atoms with Crippen LogP contribution in [0.25, 0.3) is 0 Å². The Hall–Kier alpha value is -0.460. The maximum Gasteiger partial charge on any atom is 0.191 e. The third-order valence-corrected chi connectivity index (χ3v) is 3.85. The second-order valence-electron chi connectivity index (χ2n) is 4.84. The molecule has 1 aliphatic heterocycles. The zero-order valence-electron chi connectivity index (χ0n) is 12.8. The van der Waals surface area contributed by atoms with Crippen LogP contribution in [0.4, 0.5) is 0 Å². The van der Waals surface area contributed by atoms with Crippen LogP contribution in [0.2, 0.25) is 0 Å². The standard InChI is InChI=1S/C14H29N3O2S/c1-15-14(16-7-3-4-11-20-2)17-8-10-18-12-13-6-5-9-19-13/h13H,3-12H2,1-2H3,(H2,15,16,17). The van der Waals surface area contributed by atoms with Gasteiger partial charge in [-0.2, -0.15) is 11.8 Å². The minimum absolute atomic E-state index is 0.309. The van der Waals surface area contributed by atoms with Crippen LogP contribution in [0.5, 0.6) is 0 Å². The number of aliphatic imine (C=N–C) groups is 1. The Morgan fingerprint density at radius 1 is 1.35 bits per heavy atom. The van der Waals surface area contributed by atoms with Crippen LogP contribution < -0.4 is 10.6 Å². The molecule has 0 amide bonds. The number of ether oxygens (including phenoxy) is 2. The number of thioether (sulfide) groups is 1. The molecule has 1 unspecified atom stereocenters. The highest BCUT2D eigenvalue weighted by Crippen LogP contribution is 2.11. The van der Waals surface area contributed by atoms with Gasteiger partial charge in [0.2, 0.25) is 0 Å². The van der Waals surface area contributed by atoms with Gasteiger partial charge in [0, 0.05) is 26.7 Å². The van der Waals surface area contributed by atoms with Crippen LogP contribution in [0.1, 0.15) is 25.7 Å². The summed E-state index contributed by atoms with van der Waals surface area (Å²) in [5.41, 5.74) is 0. The van der Waals surface area contributed by atoms with Gasteiger partial charge in [-0.25, -0.2) is 0 Å². The second-order valence-corrected chi connectivity index (χ2v) is 5.82. The van der Waals surface area contributed by atoms with Gasteiger partial charge >= 0.3 is 0 Å². The van der Waals surface area contributed by atoms with Crippen molar-refractivity contribution in [3.63, 3.8) is 0 Å². The first-order valence-corrected chi connectivity index (χ1v) is 8.89. The maximum absolute atomic E-state index is 5.60. The fourth-order valence-electron chi connectivity index (χ4n) is 2.03. The molecule has 1 atom stereocenters. The zero-order valence-corrected chi connectivity index (χ0v) is 13.6. The Bertz CT molecular complexity index is 259. The lowest BCUT2D eigenvalue weighted by atomic mass is 10.2. The van der Waals surface area contributed by atoms with Gasteiger partial charge in [-0.15, -0.1) is 0 Å². The predicted octanol–water partition coefficient (Wildman–Crippen LogP) is 1.49. The third-order valence-electron chi connectivity index (χ3n) is 3.16.